The van der Waals surface area contributed by atoms with E-state index in [0.29, 0.717) is 28.6 Å². The van der Waals surface area contributed by atoms with Crippen molar-refractivity contribution in [3.8, 4) is 5.75 Å². The number of methoxy groups -OCH3 is 1. The Kier molecular flexibility index (Phi) is 6.03. The maximum atomic E-state index is 12.1. The van der Waals surface area contributed by atoms with Crippen LogP contribution in [-0.4, -0.2) is 26.1 Å². The van der Waals surface area contributed by atoms with Crippen LogP contribution in [0.5, 0.6) is 5.75 Å². The molecule has 0 unspecified atom stereocenters. The Labute approximate surface area is 145 Å². The fourth-order valence-corrected chi connectivity index (χ4v) is 2.21. The van der Waals surface area contributed by atoms with Crippen LogP contribution in [0.1, 0.15) is 5.56 Å². The Balaban J connectivity index is 2.00. The SMILES string of the molecule is CNC(=O)Cc1ccc(NC(=O)Nc2cc(Cl)ccc2OC)cc1. The molecule has 0 radical (unpaired) electrons. The van der Waals surface area contributed by atoms with Gasteiger partial charge < -0.3 is 20.7 Å². The monoisotopic (exact) mass is 347 g/mol. The first kappa shape index (κ1) is 17.6. The van der Waals surface area contributed by atoms with Gasteiger partial charge in [-0.1, -0.05) is 23.7 Å². The number of nitrogens with one attached hydrogen (secondary N) is 3. The van der Waals surface area contributed by atoms with E-state index in [0.717, 1.165) is 5.56 Å². The highest BCUT2D eigenvalue weighted by molar-refractivity contribution is 6.31. The summed E-state index contributed by atoms with van der Waals surface area (Å²) in [4.78, 5) is 23.4. The normalized spacial score (nSPS) is 9.96. The van der Waals surface area contributed by atoms with Crippen molar-refractivity contribution in [2.75, 3.05) is 24.8 Å². The minimum atomic E-state index is -0.422. The highest BCUT2D eigenvalue weighted by Gasteiger charge is 2.09. The zero-order valence-electron chi connectivity index (χ0n) is 13.4. The van der Waals surface area contributed by atoms with Crippen LogP contribution in [0.2, 0.25) is 5.02 Å². The molecule has 0 fully saturated rings. The summed E-state index contributed by atoms with van der Waals surface area (Å²) in [6, 6.07) is 11.6. The van der Waals surface area contributed by atoms with Crippen molar-refractivity contribution >= 4 is 34.9 Å². The molecule has 0 spiro atoms. The Bertz CT molecular complexity index is 732. The number of anilines is 2. The summed E-state index contributed by atoms with van der Waals surface area (Å²) in [7, 11) is 3.10. The molecule has 2 aromatic carbocycles. The van der Waals surface area contributed by atoms with Gasteiger partial charge in [0.2, 0.25) is 5.91 Å². The zero-order valence-corrected chi connectivity index (χ0v) is 14.1. The van der Waals surface area contributed by atoms with E-state index in [1.54, 1.807) is 49.5 Å². The molecule has 0 saturated heterocycles. The van der Waals surface area contributed by atoms with Crippen molar-refractivity contribution in [2.45, 2.75) is 6.42 Å². The first-order chi connectivity index (χ1) is 11.5. The Morgan fingerprint density at radius 2 is 1.79 bits per heavy atom. The lowest BCUT2D eigenvalue weighted by Crippen LogP contribution is -2.20. The number of carbonyl (C=O) groups excluding carboxylic acids is 2. The molecule has 0 bridgehead atoms. The molecule has 0 saturated carbocycles. The van der Waals surface area contributed by atoms with E-state index in [-0.39, 0.29) is 5.91 Å². The van der Waals surface area contributed by atoms with Crippen LogP contribution in [0.25, 0.3) is 0 Å². The van der Waals surface area contributed by atoms with E-state index in [2.05, 4.69) is 16.0 Å². The van der Waals surface area contributed by atoms with Crippen molar-refractivity contribution in [1.82, 2.24) is 5.32 Å². The van der Waals surface area contributed by atoms with Gasteiger partial charge in [0.15, 0.2) is 0 Å². The third kappa shape index (κ3) is 4.89. The summed E-state index contributed by atoms with van der Waals surface area (Å²) >= 11 is 5.93. The number of likely N-dealkylation sites (N-methyl/N-ethyl adjacent to an activating group) is 1. The molecule has 3 amide bonds. The number of carbonyl (C=O) groups is 2. The largest absolute Gasteiger partial charge is 0.495 e. The van der Waals surface area contributed by atoms with Crippen molar-refractivity contribution in [3.63, 3.8) is 0 Å². The lowest BCUT2D eigenvalue weighted by Gasteiger charge is -2.12. The summed E-state index contributed by atoms with van der Waals surface area (Å²) in [6.07, 6.45) is 0.294. The molecule has 0 heterocycles. The van der Waals surface area contributed by atoms with Crippen LogP contribution in [0.4, 0.5) is 16.2 Å². The van der Waals surface area contributed by atoms with E-state index in [4.69, 9.17) is 16.3 Å². The van der Waals surface area contributed by atoms with Crippen molar-refractivity contribution in [2.24, 2.45) is 0 Å². The first-order valence-electron chi connectivity index (χ1n) is 7.23. The lowest BCUT2D eigenvalue weighted by molar-refractivity contribution is -0.119. The second kappa shape index (κ2) is 8.21. The van der Waals surface area contributed by atoms with Crippen LogP contribution >= 0.6 is 11.6 Å². The number of halogens is 1. The minimum Gasteiger partial charge on any atom is -0.495 e. The summed E-state index contributed by atoms with van der Waals surface area (Å²) in [5.41, 5.74) is 1.93. The topological polar surface area (TPSA) is 79.5 Å². The van der Waals surface area contributed by atoms with Gasteiger partial charge in [-0.05, 0) is 35.9 Å². The van der Waals surface area contributed by atoms with Crippen molar-refractivity contribution in [1.29, 1.82) is 0 Å². The predicted octanol–water partition coefficient (Wildman–Crippen LogP) is 3.28. The maximum absolute atomic E-state index is 12.1. The van der Waals surface area contributed by atoms with Gasteiger partial charge in [-0.2, -0.15) is 0 Å². The maximum Gasteiger partial charge on any atom is 0.323 e. The molecule has 0 aromatic heterocycles. The van der Waals surface area contributed by atoms with Gasteiger partial charge in [-0.15, -0.1) is 0 Å². The number of amides is 3. The highest BCUT2D eigenvalue weighted by atomic mass is 35.5. The summed E-state index contributed by atoms with van der Waals surface area (Å²) in [5, 5.41) is 8.44. The van der Waals surface area contributed by atoms with E-state index in [9.17, 15) is 9.59 Å². The molecular weight excluding hydrogens is 330 g/mol. The number of hydrogen-bond acceptors (Lipinski definition) is 3. The van der Waals surface area contributed by atoms with E-state index in [1.807, 2.05) is 0 Å². The smallest absolute Gasteiger partial charge is 0.323 e. The fraction of sp³-hybridized carbons (Fsp3) is 0.176. The van der Waals surface area contributed by atoms with E-state index < -0.39 is 6.03 Å². The first-order valence-corrected chi connectivity index (χ1v) is 7.60. The molecule has 2 aromatic rings. The van der Waals surface area contributed by atoms with Crippen molar-refractivity contribution < 1.29 is 14.3 Å². The van der Waals surface area contributed by atoms with Crippen LogP contribution < -0.4 is 20.7 Å². The number of ether oxygens (including phenoxy) is 1. The van der Waals surface area contributed by atoms with Crippen LogP contribution in [0, 0.1) is 0 Å². The molecule has 6 nitrogen and oxygen atoms in total. The average Bonchev–Trinajstić information content (AvgIpc) is 2.56. The molecule has 0 aliphatic rings. The fourth-order valence-electron chi connectivity index (χ4n) is 2.04. The number of rotatable bonds is 5. The zero-order chi connectivity index (χ0) is 17.5. The third-order valence-electron chi connectivity index (χ3n) is 3.27. The number of hydrogen-bond donors (Lipinski definition) is 3. The van der Waals surface area contributed by atoms with E-state index >= 15 is 0 Å². The summed E-state index contributed by atoms with van der Waals surface area (Å²) in [6.45, 7) is 0. The highest BCUT2D eigenvalue weighted by Crippen LogP contribution is 2.27. The molecule has 0 aliphatic carbocycles. The molecule has 0 atom stereocenters. The Morgan fingerprint density at radius 1 is 1.08 bits per heavy atom. The molecular formula is C17H18ClN3O3. The van der Waals surface area contributed by atoms with Crippen molar-refractivity contribution in [3.05, 3.63) is 53.1 Å². The number of benzene rings is 2. The molecule has 2 rings (SSSR count). The average molecular weight is 348 g/mol. The minimum absolute atomic E-state index is 0.0681. The summed E-state index contributed by atoms with van der Waals surface area (Å²) in [5.74, 6) is 0.442. The second-order valence-electron chi connectivity index (χ2n) is 4.97. The van der Waals surface area contributed by atoms with Gasteiger partial charge >= 0.3 is 6.03 Å². The van der Waals surface area contributed by atoms with Gasteiger partial charge in [-0.25, -0.2) is 4.79 Å². The quantitative estimate of drug-likeness (QED) is 0.776. The predicted molar refractivity (Wildman–Crippen MR) is 94.9 cm³/mol. The summed E-state index contributed by atoms with van der Waals surface area (Å²) < 4.78 is 5.18. The van der Waals surface area contributed by atoms with Crippen LogP contribution in [0.3, 0.4) is 0 Å². The van der Waals surface area contributed by atoms with Crippen LogP contribution in [-0.2, 0) is 11.2 Å². The lowest BCUT2D eigenvalue weighted by atomic mass is 10.1. The van der Waals surface area contributed by atoms with Gasteiger partial charge in [0, 0.05) is 17.8 Å². The van der Waals surface area contributed by atoms with E-state index in [1.165, 1.54) is 7.11 Å². The molecule has 24 heavy (non-hydrogen) atoms. The van der Waals surface area contributed by atoms with Gasteiger partial charge in [0.05, 0.1) is 19.2 Å². The molecule has 7 heteroatoms. The van der Waals surface area contributed by atoms with Crippen LogP contribution in [0.15, 0.2) is 42.5 Å². The third-order valence-corrected chi connectivity index (χ3v) is 3.50. The molecule has 3 N–H and O–H groups in total. The standard InChI is InChI=1S/C17H18ClN3O3/c1-19-16(22)9-11-3-6-13(7-4-11)20-17(23)21-14-10-12(18)5-8-15(14)24-2/h3-8,10H,9H2,1-2H3,(H,19,22)(H2,20,21,23). The van der Waals surface area contributed by atoms with Gasteiger partial charge in [0.25, 0.3) is 0 Å². The number of urea groups is 1. The second-order valence-corrected chi connectivity index (χ2v) is 5.41. The Hall–Kier alpha value is -2.73. The Morgan fingerprint density at radius 3 is 2.42 bits per heavy atom. The van der Waals surface area contributed by atoms with Gasteiger partial charge in [-0.3, -0.25) is 4.79 Å². The molecule has 126 valence electrons. The molecule has 0 aliphatic heterocycles. The van der Waals surface area contributed by atoms with Gasteiger partial charge in [0.1, 0.15) is 5.75 Å².